The standard InChI is InChI=1S/C15H28N2O2/c1-5-7-8-12(6-2)11-17-10-9-13(18)16-15(3,4)14(17)19/h12H,5-11H2,1-4H3,(H,16,18). The Morgan fingerprint density at radius 1 is 1.32 bits per heavy atom. The van der Waals surface area contributed by atoms with E-state index < -0.39 is 5.54 Å². The second-order valence-corrected chi connectivity index (χ2v) is 6.09. The summed E-state index contributed by atoms with van der Waals surface area (Å²) in [7, 11) is 0. The molecule has 0 aromatic carbocycles. The van der Waals surface area contributed by atoms with Gasteiger partial charge in [-0.2, -0.15) is 0 Å². The number of hydrogen-bond acceptors (Lipinski definition) is 2. The monoisotopic (exact) mass is 268 g/mol. The van der Waals surface area contributed by atoms with Gasteiger partial charge in [0.1, 0.15) is 5.54 Å². The molecular formula is C15H28N2O2. The van der Waals surface area contributed by atoms with Gasteiger partial charge in [-0.25, -0.2) is 0 Å². The molecule has 19 heavy (non-hydrogen) atoms. The van der Waals surface area contributed by atoms with Crippen molar-refractivity contribution in [3.05, 3.63) is 0 Å². The van der Waals surface area contributed by atoms with Crippen molar-refractivity contribution in [3.8, 4) is 0 Å². The molecule has 1 aliphatic rings. The molecule has 1 saturated heterocycles. The largest absolute Gasteiger partial charge is 0.342 e. The number of nitrogens with zero attached hydrogens (tertiary/aromatic N) is 1. The highest BCUT2D eigenvalue weighted by molar-refractivity contribution is 5.92. The topological polar surface area (TPSA) is 49.4 Å². The summed E-state index contributed by atoms with van der Waals surface area (Å²) in [4.78, 5) is 26.0. The fraction of sp³-hybridized carbons (Fsp3) is 0.867. The summed E-state index contributed by atoms with van der Waals surface area (Å²) in [5.74, 6) is 0.573. The number of unbranched alkanes of at least 4 members (excludes halogenated alkanes) is 1. The van der Waals surface area contributed by atoms with Crippen LogP contribution in [0, 0.1) is 5.92 Å². The average molecular weight is 268 g/mol. The second kappa shape index (κ2) is 6.92. The minimum absolute atomic E-state index is 0.0255. The Hall–Kier alpha value is -1.06. The molecule has 1 heterocycles. The lowest BCUT2D eigenvalue weighted by Crippen LogP contribution is -2.53. The number of hydrogen-bond donors (Lipinski definition) is 1. The lowest BCUT2D eigenvalue weighted by molar-refractivity contribution is -0.137. The minimum atomic E-state index is -0.767. The van der Waals surface area contributed by atoms with E-state index in [2.05, 4.69) is 19.2 Å². The highest BCUT2D eigenvalue weighted by Crippen LogP contribution is 2.19. The van der Waals surface area contributed by atoms with E-state index >= 15 is 0 Å². The van der Waals surface area contributed by atoms with Gasteiger partial charge >= 0.3 is 0 Å². The van der Waals surface area contributed by atoms with Gasteiger partial charge in [-0.1, -0.05) is 33.1 Å². The van der Waals surface area contributed by atoms with Crippen LogP contribution in [0.2, 0.25) is 0 Å². The molecule has 4 nitrogen and oxygen atoms in total. The third kappa shape index (κ3) is 4.51. The molecule has 0 aromatic heterocycles. The van der Waals surface area contributed by atoms with Crippen molar-refractivity contribution in [1.29, 1.82) is 0 Å². The maximum Gasteiger partial charge on any atom is 0.247 e. The molecule has 1 fully saturated rings. The Morgan fingerprint density at radius 2 is 2.00 bits per heavy atom. The van der Waals surface area contributed by atoms with Crippen molar-refractivity contribution in [1.82, 2.24) is 10.2 Å². The number of carbonyl (C=O) groups is 2. The van der Waals surface area contributed by atoms with Gasteiger partial charge in [0.2, 0.25) is 11.8 Å². The Morgan fingerprint density at radius 3 is 2.58 bits per heavy atom. The maximum absolute atomic E-state index is 12.4. The minimum Gasteiger partial charge on any atom is -0.342 e. The zero-order valence-electron chi connectivity index (χ0n) is 12.8. The SMILES string of the molecule is CCCCC(CC)CN1CCC(=O)NC(C)(C)C1=O. The van der Waals surface area contributed by atoms with Crippen LogP contribution in [0.15, 0.2) is 0 Å². The first-order chi connectivity index (χ1) is 8.90. The second-order valence-electron chi connectivity index (χ2n) is 6.09. The van der Waals surface area contributed by atoms with Gasteiger partial charge in [-0.15, -0.1) is 0 Å². The number of amides is 2. The van der Waals surface area contributed by atoms with E-state index in [9.17, 15) is 9.59 Å². The molecule has 1 unspecified atom stereocenters. The van der Waals surface area contributed by atoms with Gasteiger partial charge in [-0.3, -0.25) is 9.59 Å². The van der Waals surface area contributed by atoms with Gasteiger partial charge in [0.25, 0.3) is 0 Å². The summed E-state index contributed by atoms with van der Waals surface area (Å²) < 4.78 is 0. The molecule has 4 heteroatoms. The van der Waals surface area contributed by atoms with Crippen LogP contribution in [0.4, 0.5) is 0 Å². The van der Waals surface area contributed by atoms with Crippen LogP contribution in [0.25, 0.3) is 0 Å². The maximum atomic E-state index is 12.4. The molecule has 1 aliphatic heterocycles. The van der Waals surface area contributed by atoms with Gasteiger partial charge in [0, 0.05) is 19.5 Å². The first kappa shape index (κ1) is 16.0. The van der Waals surface area contributed by atoms with E-state index in [0.717, 1.165) is 13.0 Å². The predicted octanol–water partition coefficient (Wildman–Crippen LogP) is 2.33. The molecule has 0 spiro atoms. The van der Waals surface area contributed by atoms with E-state index in [4.69, 9.17) is 0 Å². The molecular weight excluding hydrogens is 240 g/mol. The summed E-state index contributed by atoms with van der Waals surface area (Å²) in [5, 5.41) is 2.80. The Kier molecular flexibility index (Phi) is 5.83. The van der Waals surface area contributed by atoms with E-state index in [1.165, 1.54) is 19.3 Å². The van der Waals surface area contributed by atoms with Crippen molar-refractivity contribution in [2.24, 2.45) is 5.92 Å². The lowest BCUT2D eigenvalue weighted by atomic mass is 9.97. The summed E-state index contributed by atoms with van der Waals surface area (Å²) >= 11 is 0. The Balaban J connectivity index is 2.69. The van der Waals surface area contributed by atoms with Gasteiger partial charge in [-0.05, 0) is 26.2 Å². The van der Waals surface area contributed by atoms with E-state index in [-0.39, 0.29) is 11.8 Å². The van der Waals surface area contributed by atoms with Crippen molar-refractivity contribution >= 4 is 11.8 Å². The van der Waals surface area contributed by atoms with Crippen molar-refractivity contribution in [3.63, 3.8) is 0 Å². The van der Waals surface area contributed by atoms with Crippen LogP contribution < -0.4 is 5.32 Å². The zero-order chi connectivity index (χ0) is 14.5. The number of nitrogens with one attached hydrogen (secondary N) is 1. The Labute approximate surface area is 116 Å². The van der Waals surface area contributed by atoms with Gasteiger partial charge < -0.3 is 10.2 Å². The molecule has 2 amide bonds. The van der Waals surface area contributed by atoms with Crippen molar-refractivity contribution in [2.75, 3.05) is 13.1 Å². The number of carbonyl (C=O) groups excluding carboxylic acids is 2. The number of rotatable bonds is 6. The first-order valence-electron chi connectivity index (χ1n) is 7.51. The molecule has 0 saturated carbocycles. The fourth-order valence-corrected chi connectivity index (χ4v) is 2.60. The third-order valence-electron chi connectivity index (χ3n) is 3.90. The molecule has 0 aromatic rings. The van der Waals surface area contributed by atoms with Crippen LogP contribution in [-0.2, 0) is 9.59 Å². The molecule has 110 valence electrons. The smallest absolute Gasteiger partial charge is 0.247 e. The fourth-order valence-electron chi connectivity index (χ4n) is 2.60. The zero-order valence-corrected chi connectivity index (χ0v) is 12.8. The van der Waals surface area contributed by atoms with Crippen molar-refractivity contribution in [2.45, 2.75) is 65.3 Å². The molecule has 0 bridgehead atoms. The lowest BCUT2D eigenvalue weighted by Gasteiger charge is -2.31. The predicted molar refractivity (Wildman–Crippen MR) is 76.7 cm³/mol. The average Bonchev–Trinajstić information content (AvgIpc) is 2.44. The van der Waals surface area contributed by atoms with E-state index in [1.807, 2.05) is 4.90 Å². The molecule has 1 N–H and O–H groups in total. The first-order valence-corrected chi connectivity index (χ1v) is 7.51. The highest BCUT2D eigenvalue weighted by Gasteiger charge is 2.36. The van der Waals surface area contributed by atoms with Crippen LogP contribution in [0.5, 0.6) is 0 Å². The van der Waals surface area contributed by atoms with Crippen LogP contribution >= 0.6 is 0 Å². The quantitative estimate of drug-likeness (QED) is 0.804. The molecule has 1 atom stereocenters. The van der Waals surface area contributed by atoms with Gasteiger partial charge in [0.15, 0.2) is 0 Å². The van der Waals surface area contributed by atoms with Crippen LogP contribution in [0.1, 0.15) is 59.8 Å². The van der Waals surface area contributed by atoms with Crippen LogP contribution in [0.3, 0.4) is 0 Å². The normalized spacial score (nSPS) is 20.9. The van der Waals surface area contributed by atoms with E-state index in [1.54, 1.807) is 13.8 Å². The highest BCUT2D eigenvalue weighted by atomic mass is 16.2. The summed E-state index contributed by atoms with van der Waals surface area (Å²) in [5.41, 5.74) is -0.767. The molecule has 0 aliphatic carbocycles. The van der Waals surface area contributed by atoms with Crippen molar-refractivity contribution < 1.29 is 9.59 Å². The third-order valence-corrected chi connectivity index (χ3v) is 3.90. The molecule has 0 radical (unpaired) electrons. The van der Waals surface area contributed by atoms with E-state index in [0.29, 0.717) is 18.9 Å². The Bertz CT molecular complexity index is 326. The van der Waals surface area contributed by atoms with Crippen LogP contribution in [-0.4, -0.2) is 35.3 Å². The summed E-state index contributed by atoms with van der Waals surface area (Å²) in [6.07, 6.45) is 5.07. The molecule has 1 rings (SSSR count). The summed E-state index contributed by atoms with van der Waals surface area (Å²) in [6.45, 7) is 9.29. The van der Waals surface area contributed by atoms with Gasteiger partial charge in [0.05, 0.1) is 0 Å². The summed E-state index contributed by atoms with van der Waals surface area (Å²) in [6, 6.07) is 0.